The Kier molecular flexibility index (Phi) is 3.42. The number of carbonyl (C=O) groups is 2. The summed E-state index contributed by atoms with van der Waals surface area (Å²) in [5, 5.41) is 11.0. The first-order valence-electron chi connectivity index (χ1n) is 12.6. The number of aliphatic hydroxyl groups is 1. The van der Waals surface area contributed by atoms with Gasteiger partial charge in [-0.25, -0.2) is 9.59 Å². The van der Waals surface area contributed by atoms with Crippen LogP contribution in [0.4, 0.5) is 0 Å². The molecule has 2 spiro atoms. The molecule has 1 N–H and O–H groups in total. The summed E-state index contributed by atoms with van der Waals surface area (Å²) in [7, 11) is 0. The van der Waals surface area contributed by atoms with Gasteiger partial charge in [-0.3, -0.25) is 9.80 Å². The van der Waals surface area contributed by atoms with E-state index >= 15 is 0 Å². The minimum atomic E-state index is -0.650. The number of nitrogens with zero attached hydrogens (tertiary/aromatic N) is 2. The third-order valence-electron chi connectivity index (χ3n) is 10.4. The third-order valence-corrected chi connectivity index (χ3v) is 10.4. The molecule has 0 aromatic heterocycles. The zero-order valence-electron chi connectivity index (χ0n) is 18.3. The molecule has 5 saturated heterocycles. The topological polar surface area (TPSA) is 79.3 Å². The molecule has 0 aromatic rings. The normalized spacial score (nSPS) is 51.2. The van der Waals surface area contributed by atoms with Crippen LogP contribution in [0.2, 0.25) is 0 Å². The molecule has 0 radical (unpaired) electrons. The third kappa shape index (κ3) is 1.98. The van der Waals surface area contributed by atoms with E-state index in [1.165, 1.54) is 5.57 Å². The molecular weight excluding hydrogens is 408 g/mol. The second-order valence-corrected chi connectivity index (χ2v) is 11.4. The van der Waals surface area contributed by atoms with Crippen LogP contribution in [-0.4, -0.2) is 81.4 Å². The lowest BCUT2D eigenvalue weighted by Crippen LogP contribution is -2.61. The highest BCUT2D eigenvalue weighted by Gasteiger charge is 2.68. The molecule has 0 aromatic carbocycles. The average molecular weight is 439 g/mol. The van der Waals surface area contributed by atoms with Crippen LogP contribution in [0.5, 0.6) is 0 Å². The Labute approximate surface area is 187 Å². The zero-order chi connectivity index (χ0) is 21.4. The van der Waals surface area contributed by atoms with Crippen molar-refractivity contribution in [3.8, 4) is 0 Å². The summed E-state index contributed by atoms with van der Waals surface area (Å²) in [6.07, 6.45) is 9.38. The van der Waals surface area contributed by atoms with Crippen molar-refractivity contribution in [2.45, 2.75) is 99.3 Å². The number of ether oxygens (including phenoxy) is 2. The Bertz CT molecular complexity index is 1020. The standard InChI is InChI=1S/C25H30N2O5/c28-18-12-25-15(5-6-16(18)26-7-2-4-20(25)26)22(23(30)32-25)14-9-13-10-21(29)31-24(13)11-17(14)27-8-1-3-19(24)27/h10,14,16-20,28H,1-9,11-12H2/t14-,16-,17-,18-,19+,20+,24-,25+/m0/s1. The van der Waals surface area contributed by atoms with Gasteiger partial charge in [-0.2, -0.15) is 0 Å². The molecule has 7 fully saturated rings. The van der Waals surface area contributed by atoms with E-state index in [0.717, 1.165) is 69.2 Å². The van der Waals surface area contributed by atoms with Gasteiger partial charge in [0.25, 0.3) is 0 Å². The summed E-state index contributed by atoms with van der Waals surface area (Å²) < 4.78 is 12.4. The SMILES string of the molecule is O=C1C=C2C[C@H](C3=C4CC[C@H]5[C@@H](O)C[C@]4(OC3=O)[C@H]3CCCN53)[C@@H]3C[C@@]2(O1)[C@H]1CCCN31. The van der Waals surface area contributed by atoms with Crippen molar-refractivity contribution in [2.75, 3.05) is 13.1 Å². The Morgan fingerprint density at radius 3 is 2.50 bits per heavy atom. The first kappa shape index (κ1) is 18.7. The molecule has 4 bridgehead atoms. The van der Waals surface area contributed by atoms with Gasteiger partial charge in [-0.15, -0.1) is 0 Å². The molecular formula is C25H30N2O5. The van der Waals surface area contributed by atoms with Gasteiger partial charge in [0.2, 0.25) is 0 Å². The fourth-order valence-corrected chi connectivity index (χ4v) is 9.45. The highest BCUT2D eigenvalue weighted by molar-refractivity contribution is 5.95. The van der Waals surface area contributed by atoms with Gasteiger partial charge in [0.05, 0.1) is 18.2 Å². The smallest absolute Gasteiger partial charge is 0.335 e. The van der Waals surface area contributed by atoms with Gasteiger partial charge in [0.15, 0.2) is 11.2 Å². The molecule has 170 valence electrons. The lowest BCUT2D eigenvalue weighted by Gasteiger charge is -2.48. The maximum Gasteiger partial charge on any atom is 0.335 e. The highest BCUT2D eigenvalue weighted by atomic mass is 16.6. The van der Waals surface area contributed by atoms with Crippen molar-refractivity contribution in [3.05, 3.63) is 22.8 Å². The molecule has 9 rings (SSSR count). The average Bonchev–Trinajstić information content (AvgIpc) is 3.52. The van der Waals surface area contributed by atoms with Gasteiger partial charge in [-0.05, 0) is 69.2 Å². The van der Waals surface area contributed by atoms with Crippen molar-refractivity contribution in [1.82, 2.24) is 9.80 Å². The van der Waals surface area contributed by atoms with E-state index in [2.05, 4.69) is 9.80 Å². The molecule has 7 aliphatic heterocycles. The summed E-state index contributed by atoms with van der Waals surface area (Å²) in [6, 6.07) is 0.865. The van der Waals surface area contributed by atoms with Crippen molar-refractivity contribution in [1.29, 1.82) is 0 Å². The number of rotatable bonds is 1. The number of aliphatic hydroxyl groups excluding tert-OH is 1. The van der Waals surface area contributed by atoms with Crippen molar-refractivity contribution < 1.29 is 24.2 Å². The van der Waals surface area contributed by atoms with E-state index in [-0.39, 0.29) is 42.0 Å². The number of esters is 2. The van der Waals surface area contributed by atoms with Crippen LogP contribution < -0.4 is 0 Å². The fourth-order valence-electron chi connectivity index (χ4n) is 9.45. The molecule has 2 aliphatic carbocycles. The van der Waals surface area contributed by atoms with Crippen LogP contribution in [0.15, 0.2) is 22.8 Å². The first-order valence-corrected chi connectivity index (χ1v) is 12.6. The van der Waals surface area contributed by atoms with Gasteiger partial charge in [0.1, 0.15) is 0 Å². The first-order chi connectivity index (χ1) is 15.5. The van der Waals surface area contributed by atoms with E-state index in [1.807, 2.05) is 0 Å². The number of hydrogen-bond acceptors (Lipinski definition) is 7. The minimum Gasteiger partial charge on any atom is -0.450 e. The maximum atomic E-state index is 13.6. The quantitative estimate of drug-likeness (QED) is 0.621. The van der Waals surface area contributed by atoms with Gasteiger partial charge >= 0.3 is 11.9 Å². The lowest BCUT2D eigenvalue weighted by atomic mass is 9.68. The van der Waals surface area contributed by atoms with E-state index in [1.54, 1.807) is 6.08 Å². The Morgan fingerprint density at radius 1 is 0.938 bits per heavy atom. The van der Waals surface area contributed by atoms with E-state index in [0.29, 0.717) is 12.8 Å². The van der Waals surface area contributed by atoms with E-state index in [4.69, 9.17) is 9.47 Å². The monoisotopic (exact) mass is 438 g/mol. The predicted molar refractivity (Wildman–Crippen MR) is 112 cm³/mol. The molecule has 32 heavy (non-hydrogen) atoms. The van der Waals surface area contributed by atoms with Crippen LogP contribution in [0.1, 0.15) is 57.8 Å². The molecule has 0 amide bonds. The van der Waals surface area contributed by atoms with E-state index in [9.17, 15) is 14.7 Å². The van der Waals surface area contributed by atoms with Crippen molar-refractivity contribution in [2.24, 2.45) is 5.92 Å². The molecule has 7 heteroatoms. The second-order valence-electron chi connectivity index (χ2n) is 11.4. The minimum absolute atomic E-state index is 0.0537. The summed E-state index contributed by atoms with van der Waals surface area (Å²) >= 11 is 0. The fraction of sp³-hybridized carbons (Fsp3) is 0.760. The Balaban J connectivity index is 1.28. The molecule has 2 saturated carbocycles. The molecule has 0 unspecified atom stereocenters. The number of fused-ring (bicyclic) bond motifs is 5. The highest BCUT2D eigenvalue weighted by Crippen LogP contribution is 2.61. The van der Waals surface area contributed by atoms with Crippen LogP contribution in [0.25, 0.3) is 0 Å². The maximum absolute atomic E-state index is 13.6. The number of carbonyl (C=O) groups excluding carboxylic acids is 2. The van der Waals surface area contributed by atoms with Crippen molar-refractivity contribution >= 4 is 11.9 Å². The number of hydrogen-bond donors (Lipinski definition) is 1. The summed E-state index contributed by atoms with van der Waals surface area (Å²) in [5.74, 6) is -0.322. The van der Waals surface area contributed by atoms with Crippen LogP contribution in [0.3, 0.4) is 0 Å². The lowest BCUT2D eigenvalue weighted by molar-refractivity contribution is -0.165. The molecule has 7 heterocycles. The molecule has 7 nitrogen and oxygen atoms in total. The second kappa shape index (κ2) is 5.86. The zero-order valence-corrected chi connectivity index (χ0v) is 18.3. The van der Waals surface area contributed by atoms with Crippen molar-refractivity contribution in [3.63, 3.8) is 0 Å². The summed E-state index contributed by atoms with van der Waals surface area (Å²) in [6.45, 7) is 2.00. The summed E-state index contributed by atoms with van der Waals surface area (Å²) in [4.78, 5) is 31.0. The Morgan fingerprint density at radius 2 is 1.69 bits per heavy atom. The summed E-state index contributed by atoms with van der Waals surface area (Å²) in [5.41, 5.74) is 2.06. The molecule has 8 atom stereocenters. The van der Waals surface area contributed by atoms with Gasteiger partial charge in [0, 0.05) is 42.5 Å². The van der Waals surface area contributed by atoms with Crippen LogP contribution >= 0.6 is 0 Å². The number of piperidine rings is 1. The Hall–Kier alpha value is -1.70. The van der Waals surface area contributed by atoms with Crippen LogP contribution in [0, 0.1) is 5.92 Å². The predicted octanol–water partition coefficient (Wildman–Crippen LogP) is 1.45. The van der Waals surface area contributed by atoms with Crippen LogP contribution in [-0.2, 0) is 19.1 Å². The van der Waals surface area contributed by atoms with Gasteiger partial charge < -0.3 is 14.6 Å². The van der Waals surface area contributed by atoms with Gasteiger partial charge in [-0.1, -0.05) is 0 Å². The van der Waals surface area contributed by atoms with E-state index < -0.39 is 17.3 Å². The molecule has 9 aliphatic rings. The largest absolute Gasteiger partial charge is 0.450 e.